The topological polar surface area (TPSA) is 58.8 Å². The lowest BCUT2D eigenvalue weighted by molar-refractivity contribution is -0.135. The monoisotopic (exact) mass is 269 g/mol. The lowest BCUT2D eigenvalue weighted by Gasteiger charge is -2.27. The van der Waals surface area contributed by atoms with Gasteiger partial charge in [-0.2, -0.15) is 0 Å². The van der Waals surface area contributed by atoms with E-state index in [1.807, 2.05) is 4.90 Å². The Balaban J connectivity index is 1.60. The number of nitrogens with two attached hydrogens (primary N) is 1. The number of carbonyl (C=O) groups excluding carboxylic acids is 1. The first kappa shape index (κ1) is 14.8. The molecule has 0 aromatic rings. The third-order valence-corrected chi connectivity index (χ3v) is 4.28. The summed E-state index contributed by atoms with van der Waals surface area (Å²) in [5.74, 6) is 0.918. The lowest BCUT2D eigenvalue weighted by Crippen LogP contribution is -2.40. The summed E-state index contributed by atoms with van der Waals surface area (Å²) in [6.45, 7) is 8.25. The van der Waals surface area contributed by atoms with Crippen molar-refractivity contribution in [2.75, 3.05) is 45.9 Å². The van der Waals surface area contributed by atoms with Gasteiger partial charge >= 0.3 is 0 Å². The standard InChI is InChI=1S/C14H27N3O2/c1-12(15)13-4-6-16(11-13)5-2-3-14(18)17-7-9-19-10-8-17/h12-13H,2-11,15H2,1H3. The molecule has 0 aliphatic carbocycles. The number of hydrogen-bond acceptors (Lipinski definition) is 4. The molecule has 5 heteroatoms. The summed E-state index contributed by atoms with van der Waals surface area (Å²) in [7, 11) is 0. The van der Waals surface area contributed by atoms with Gasteiger partial charge in [0, 0.05) is 32.1 Å². The minimum atomic E-state index is 0.284. The maximum absolute atomic E-state index is 12.0. The highest BCUT2D eigenvalue weighted by molar-refractivity contribution is 5.76. The van der Waals surface area contributed by atoms with E-state index < -0.39 is 0 Å². The average molecular weight is 269 g/mol. The van der Waals surface area contributed by atoms with Crippen LogP contribution in [0.1, 0.15) is 26.2 Å². The van der Waals surface area contributed by atoms with Crippen molar-refractivity contribution in [1.29, 1.82) is 0 Å². The highest BCUT2D eigenvalue weighted by atomic mass is 16.5. The first-order chi connectivity index (χ1) is 9.16. The first-order valence-electron chi connectivity index (χ1n) is 7.50. The van der Waals surface area contributed by atoms with Gasteiger partial charge < -0.3 is 20.3 Å². The first-order valence-corrected chi connectivity index (χ1v) is 7.50. The van der Waals surface area contributed by atoms with E-state index in [1.165, 1.54) is 6.42 Å². The van der Waals surface area contributed by atoms with Crippen molar-refractivity contribution >= 4 is 5.91 Å². The molecule has 2 unspecified atom stereocenters. The third kappa shape index (κ3) is 4.44. The second-order valence-electron chi connectivity index (χ2n) is 5.81. The number of nitrogens with zero attached hydrogens (tertiary/aromatic N) is 2. The molecular weight excluding hydrogens is 242 g/mol. The summed E-state index contributed by atoms with van der Waals surface area (Å²) in [4.78, 5) is 16.4. The summed E-state index contributed by atoms with van der Waals surface area (Å²) >= 11 is 0. The fourth-order valence-corrected chi connectivity index (χ4v) is 2.92. The molecule has 0 spiro atoms. The average Bonchev–Trinajstić information content (AvgIpc) is 2.89. The molecule has 0 aromatic heterocycles. The van der Waals surface area contributed by atoms with Crippen LogP contribution in [0.3, 0.4) is 0 Å². The smallest absolute Gasteiger partial charge is 0.222 e. The number of hydrogen-bond donors (Lipinski definition) is 1. The van der Waals surface area contributed by atoms with Crippen LogP contribution in [0.2, 0.25) is 0 Å². The van der Waals surface area contributed by atoms with Crippen LogP contribution in [0.25, 0.3) is 0 Å². The van der Waals surface area contributed by atoms with E-state index in [1.54, 1.807) is 0 Å². The highest BCUT2D eigenvalue weighted by Crippen LogP contribution is 2.18. The van der Waals surface area contributed by atoms with Crippen molar-refractivity contribution in [1.82, 2.24) is 9.80 Å². The fourth-order valence-electron chi connectivity index (χ4n) is 2.92. The predicted molar refractivity (Wildman–Crippen MR) is 74.8 cm³/mol. The van der Waals surface area contributed by atoms with E-state index in [9.17, 15) is 4.79 Å². The van der Waals surface area contributed by atoms with Gasteiger partial charge in [-0.05, 0) is 38.8 Å². The molecule has 110 valence electrons. The molecule has 19 heavy (non-hydrogen) atoms. The molecule has 1 amide bonds. The van der Waals surface area contributed by atoms with Gasteiger partial charge in [-0.25, -0.2) is 0 Å². The summed E-state index contributed by atoms with van der Waals surface area (Å²) in [5.41, 5.74) is 5.94. The van der Waals surface area contributed by atoms with Gasteiger partial charge in [0.05, 0.1) is 13.2 Å². The molecule has 2 N–H and O–H groups in total. The summed E-state index contributed by atoms with van der Waals surface area (Å²) in [5, 5.41) is 0. The van der Waals surface area contributed by atoms with Crippen molar-refractivity contribution in [3.05, 3.63) is 0 Å². The fraction of sp³-hybridized carbons (Fsp3) is 0.929. The van der Waals surface area contributed by atoms with Gasteiger partial charge in [-0.1, -0.05) is 0 Å². The maximum Gasteiger partial charge on any atom is 0.222 e. The second kappa shape index (κ2) is 7.22. The minimum Gasteiger partial charge on any atom is -0.378 e. The zero-order valence-electron chi connectivity index (χ0n) is 12.0. The largest absolute Gasteiger partial charge is 0.378 e. The highest BCUT2D eigenvalue weighted by Gasteiger charge is 2.25. The van der Waals surface area contributed by atoms with Crippen LogP contribution in [-0.2, 0) is 9.53 Å². The zero-order valence-corrected chi connectivity index (χ0v) is 12.0. The maximum atomic E-state index is 12.0. The quantitative estimate of drug-likeness (QED) is 0.779. The Hall–Kier alpha value is -0.650. The van der Waals surface area contributed by atoms with Gasteiger partial charge in [-0.3, -0.25) is 4.79 Å². The molecule has 2 atom stereocenters. The van der Waals surface area contributed by atoms with Crippen molar-refractivity contribution in [2.45, 2.75) is 32.2 Å². The van der Waals surface area contributed by atoms with Gasteiger partial charge in [0.15, 0.2) is 0 Å². The molecule has 0 bridgehead atoms. The lowest BCUT2D eigenvalue weighted by atomic mass is 10.0. The molecule has 2 heterocycles. The Morgan fingerprint density at radius 1 is 1.37 bits per heavy atom. The van der Waals surface area contributed by atoms with Crippen LogP contribution in [0.15, 0.2) is 0 Å². The Labute approximate surface area is 116 Å². The Kier molecular flexibility index (Phi) is 5.60. The SMILES string of the molecule is CC(N)C1CCN(CCCC(=O)N2CCOCC2)C1. The second-order valence-corrected chi connectivity index (χ2v) is 5.81. The molecule has 5 nitrogen and oxygen atoms in total. The Morgan fingerprint density at radius 2 is 2.11 bits per heavy atom. The molecule has 2 fully saturated rings. The van der Waals surface area contributed by atoms with E-state index in [-0.39, 0.29) is 5.91 Å². The van der Waals surface area contributed by atoms with Crippen molar-refractivity contribution < 1.29 is 9.53 Å². The molecular formula is C14H27N3O2. The van der Waals surface area contributed by atoms with Gasteiger partial charge in [0.2, 0.25) is 5.91 Å². The van der Waals surface area contributed by atoms with Crippen LogP contribution in [-0.4, -0.2) is 67.7 Å². The van der Waals surface area contributed by atoms with E-state index >= 15 is 0 Å². The van der Waals surface area contributed by atoms with Crippen LogP contribution in [0.4, 0.5) is 0 Å². The molecule has 2 saturated heterocycles. The molecule has 2 aliphatic heterocycles. The Morgan fingerprint density at radius 3 is 2.74 bits per heavy atom. The molecule has 0 aromatic carbocycles. The van der Waals surface area contributed by atoms with Gasteiger partial charge in [0.1, 0.15) is 0 Å². The van der Waals surface area contributed by atoms with Crippen LogP contribution >= 0.6 is 0 Å². The predicted octanol–water partition coefficient (Wildman–Crippen LogP) is 0.295. The van der Waals surface area contributed by atoms with Crippen LogP contribution in [0.5, 0.6) is 0 Å². The van der Waals surface area contributed by atoms with E-state index in [0.717, 1.165) is 39.1 Å². The van der Waals surface area contributed by atoms with Crippen LogP contribution in [0, 0.1) is 5.92 Å². The van der Waals surface area contributed by atoms with Crippen LogP contribution < -0.4 is 5.73 Å². The number of likely N-dealkylation sites (tertiary alicyclic amines) is 1. The third-order valence-electron chi connectivity index (χ3n) is 4.28. The molecule has 0 radical (unpaired) electrons. The number of amides is 1. The van der Waals surface area contributed by atoms with Crippen molar-refractivity contribution in [2.24, 2.45) is 11.7 Å². The van der Waals surface area contributed by atoms with Crippen molar-refractivity contribution in [3.8, 4) is 0 Å². The van der Waals surface area contributed by atoms with Gasteiger partial charge in [-0.15, -0.1) is 0 Å². The molecule has 2 aliphatic rings. The minimum absolute atomic E-state index is 0.284. The zero-order chi connectivity index (χ0) is 13.7. The number of carbonyl (C=O) groups is 1. The molecule has 2 rings (SSSR count). The van der Waals surface area contributed by atoms with E-state index in [2.05, 4.69) is 11.8 Å². The summed E-state index contributed by atoms with van der Waals surface area (Å²) in [6, 6.07) is 0.292. The number of rotatable bonds is 5. The summed E-state index contributed by atoms with van der Waals surface area (Å²) in [6.07, 6.45) is 2.83. The van der Waals surface area contributed by atoms with Gasteiger partial charge in [0.25, 0.3) is 0 Å². The molecule has 0 saturated carbocycles. The Bertz CT molecular complexity index is 290. The number of morpholine rings is 1. The summed E-state index contributed by atoms with van der Waals surface area (Å²) < 4.78 is 5.26. The van der Waals surface area contributed by atoms with E-state index in [0.29, 0.717) is 31.6 Å². The normalized spacial score (nSPS) is 26.6. The number of ether oxygens (including phenoxy) is 1. The van der Waals surface area contributed by atoms with Crippen molar-refractivity contribution in [3.63, 3.8) is 0 Å². The van der Waals surface area contributed by atoms with E-state index in [4.69, 9.17) is 10.5 Å².